The number of rotatable bonds is 6. The van der Waals surface area contributed by atoms with Crippen molar-refractivity contribution in [1.82, 2.24) is 0 Å². The summed E-state index contributed by atoms with van der Waals surface area (Å²) < 4.78 is 15.4. The van der Waals surface area contributed by atoms with Gasteiger partial charge in [0.2, 0.25) is 0 Å². The highest BCUT2D eigenvalue weighted by atomic mass is 16.5. The van der Waals surface area contributed by atoms with Crippen LogP contribution in [0.4, 0.5) is 0 Å². The number of benzene rings is 2. The molecule has 0 bridgehead atoms. The summed E-state index contributed by atoms with van der Waals surface area (Å²) in [5.41, 5.74) is 1.23. The number of hydrogen-bond acceptors (Lipinski definition) is 6. The summed E-state index contributed by atoms with van der Waals surface area (Å²) in [6.45, 7) is -0.0334. The molecule has 0 amide bonds. The van der Waals surface area contributed by atoms with Crippen molar-refractivity contribution in [3.8, 4) is 11.5 Å². The van der Waals surface area contributed by atoms with E-state index in [2.05, 4.69) is 0 Å². The normalized spacial score (nSPS) is 10.7. The predicted molar refractivity (Wildman–Crippen MR) is 95.3 cm³/mol. The lowest BCUT2D eigenvalue weighted by Crippen LogP contribution is -2.08. The van der Waals surface area contributed by atoms with E-state index in [1.807, 2.05) is 24.3 Å². The molecule has 0 saturated heterocycles. The Kier molecular flexibility index (Phi) is 5.22. The molecule has 134 valence electrons. The van der Waals surface area contributed by atoms with Crippen LogP contribution in [-0.4, -0.2) is 18.2 Å². The van der Waals surface area contributed by atoms with Gasteiger partial charge in [-0.3, -0.25) is 4.79 Å². The molecular formula is C20H18O6. The summed E-state index contributed by atoms with van der Waals surface area (Å²) in [6, 6.07) is 13.2. The zero-order valence-corrected chi connectivity index (χ0v) is 14.2. The maximum atomic E-state index is 12.0. The third-order valence-corrected chi connectivity index (χ3v) is 3.98. The second kappa shape index (κ2) is 7.74. The number of carbonyl (C=O) groups excluding carboxylic acids is 1. The van der Waals surface area contributed by atoms with E-state index in [0.717, 1.165) is 11.3 Å². The topological polar surface area (TPSA) is 86.0 Å². The average Bonchev–Trinajstić information content (AvgIpc) is 2.64. The molecule has 3 rings (SSSR count). The number of ether oxygens (including phenoxy) is 2. The Morgan fingerprint density at radius 1 is 1.12 bits per heavy atom. The monoisotopic (exact) mass is 354 g/mol. The zero-order chi connectivity index (χ0) is 18.5. The minimum atomic E-state index is -0.563. The van der Waals surface area contributed by atoms with Gasteiger partial charge < -0.3 is 19.0 Å². The van der Waals surface area contributed by atoms with E-state index in [1.165, 1.54) is 18.2 Å². The fraction of sp³-hybridized carbons (Fsp3) is 0.200. The van der Waals surface area contributed by atoms with Gasteiger partial charge >= 0.3 is 11.6 Å². The van der Waals surface area contributed by atoms with Gasteiger partial charge in [-0.05, 0) is 36.2 Å². The van der Waals surface area contributed by atoms with Crippen molar-refractivity contribution in [2.45, 2.75) is 19.4 Å². The van der Waals surface area contributed by atoms with Crippen LogP contribution >= 0.6 is 0 Å². The summed E-state index contributed by atoms with van der Waals surface area (Å²) in [6.07, 6.45) is 0.779. The van der Waals surface area contributed by atoms with Crippen molar-refractivity contribution in [3.63, 3.8) is 0 Å². The number of phenols is 1. The molecule has 0 radical (unpaired) electrons. The SMILES string of the molecule is COc1ccc(CCC(=O)OCc2cc(=O)oc3cc(O)ccc23)cc1. The van der Waals surface area contributed by atoms with E-state index in [-0.39, 0.29) is 30.3 Å². The lowest BCUT2D eigenvalue weighted by molar-refractivity contribution is -0.144. The van der Waals surface area contributed by atoms with Gasteiger partial charge in [0.25, 0.3) is 0 Å². The smallest absolute Gasteiger partial charge is 0.336 e. The first-order valence-corrected chi connectivity index (χ1v) is 8.09. The molecule has 26 heavy (non-hydrogen) atoms. The van der Waals surface area contributed by atoms with E-state index in [9.17, 15) is 14.7 Å². The van der Waals surface area contributed by atoms with Crippen LogP contribution in [0.25, 0.3) is 11.0 Å². The lowest BCUT2D eigenvalue weighted by atomic mass is 10.1. The number of aromatic hydroxyl groups is 1. The van der Waals surface area contributed by atoms with E-state index in [0.29, 0.717) is 17.4 Å². The zero-order valence-electron chi connectivity index (χ0n) is 14.2. The molecule has 1 N–H and O–H groups in total. The van der Waals surface area contributed by atoms with Crippen LogP contribution in [0.2, 0.25) is 0 Å². The molecule has 0 atom stereocenters. The van der Waals surface area contributed by atoms with Crippen molar-refractivity contribution in [2.75, 3.05) is 7.11 Å². The van der Waals surface area contributed by atoms with Gasteiger partial charge in [-0.1, -0.05) is 12.1 Å². The molecule has 0 aliphatic heterocycles. The fourth-order valence-corrected chi connectivity index (χ4v) is 2.61. The van der Waals surface area contributed by atoms with Crippen LogP contribution in [0, 0.1) is 0 Å². The molecular weight excluding hydrogens is 336 g/mol. The van der Waals surface area contributed by atoms with E-state index in [4.69, 9.17) is 13.9 Å². The van der Waals surface area contributed by atoms with Crippen molar-refractivity contribution in [1.29, 1.82) is 0 Å². The number of phenolic OH excluding ortho intramolecular Hbond substituents is 1. The van der Waals surface area contributed by atoms with Gasteiger partial charge in [-0.2, -0.15) is 0 Å². The predicted octanol–water partition coefficient (Wildman–Crippen LogP) is 3.18. The summed E-state index contributed by atoms with van der Waals surface area (Å²) in [5.74, 6) is 0.396. The maximum absolute atomic E-state index is 12.0. The Bertz CT molecular complexity index is 972. The summed E-state index contributed by atoms with van der Waals surface area (Å²) >= 11 is 0. The molecule has 2 aromatic carbocycles. The third-order valence-electron chi connectivity index (χ3n) is 3.98. The second-order valence-corrected chi connectivity index (χ2v) is 5.78. The number of aryl methyl sites for hydroxylation is 1. The molecule has 0 fully saturated rings. The molecule has 1 aromatic heterocycles. The van der Waals surface area contributed by atoms with Crippen LogP contribution in [0.1, 0.15) is 17.5 Å². The highest BCUT2D eigenvalue weighted by Gasteiger charge is 2.10. The van der Waals surface area contributed by atoms with Crippen molar-refractivity contribution < 1.29 is 23.8 Å². The Hall–Kier alpha value is -3.28. The third kappa shape index (κ3) is 4.22. The summed E-state index contributed by atoms with van der Waals surface area (Å²) in [7, 11) is 1.60. The Balaban J connectivity index is 1.62. The first kappa shape index (κ1) is 17.5. The summed E-state index contributed by atoms with van der Waals surface area (Å²) in [5, 5.41) is 10.1. The first-order valence-electron chi connectivity index (χ1n) is 8.09. The van der Waals surface area contributed by atoms with E-state index < -0.39 is 5.63 Å². The molecule has 0 spiro atoms. The van der Waals surface area contributed by atoms with E-state index >= 15 is 0 Å². The minimum absolute atomic E-state index is 0.00529. The van der Waals surface area contributed by atoms with Gasteiger partial charge in [0, 0.05) is 29.5 Å². The Labute approximate surface area is 149 Å². The number of hydrogen-bond donors (Lipinski definition) is 1. The highest BCUT2D eigenvalue weighted by Crippen LogP contribution is 2.22. The van der Waals surface area contributed by atoms with Crippen molar-refractivity contribution in [2.24, 2.45) is 0 Å². The molecule has 1 heterocycles. The molecule has 6 heteroatoms. The van der Waals surface area contributed by atoms with E-state index in [1.54, 1.807) is 13.2 Å². The van der Waals surface area contributed by atoms with Crippen LogP contribution in [0.15, 0.2) is 57.7 Å². The number of methoxy groups -OCH3 is 1. The van der Waals surface area contributed by atoms with Gasteiger partial charge in [-0.25, -0.2) is 4.79 Å². The molecule has 0 unspecified atom stereocenters. The lowest BCUT2D eigenvalue weighted by Gasteiger charge is -2.08. The summed E-state index contributed by atoms with van der Waals surface area (Å²) in [4.78, 5) is 23.6. The number of esters is 1. The Morgan fingerprint density at radius 2 is 1.88 bits per heavy atom. The average molecular weight is 354 g/mol. The number of carbonyl (C=O) groups is 1. The van der Waals surface area contributed by atoms with Gasteiger partial charge in [-0.15, -0.1) is 0 Å². The first-order chi connectivity index (χ1) is 12.5. The van der Waals surface area contributed by atoms with Gasteiger partial charge in [0.15, 0.2) is 0 Å². The quantitative estimate of drug-likeness (QED) is 0.540. The number of fused-ring (bicyclic) bond motifs is 1. The second-order valence-electron chi connectivity index (χ2n) is 5.78. The Morgan fingerprint density at radius 3 is 2.62 bits per heavy atom. The van der Waals surface area contributed by atoms with Crippen molar-refractivity contribution in [3.05, 3.63) is 70.1 Å². The molecule has 0 saturated carbocycles. The largest absolute Gasteiger partial charge is 0.508 e. The maximum Gasteiger partial charge on any atom is 0.336 e. The van der Waals surface area contributed by atoms with Crippen LogP contribution in [-0.2, 0) is 22.6 Å². The molecule has 0 aliphatic rings. The van der Waals surface area contributed by atoms with Crippen LogP contribution in [0.3, 0.4) is 0 Å². The fourth-order valence-electron chi connectivity index (χ4n) is 2.61. The molecule has 6 nitrogen and oxygen atoms in total. The molecule has 0 aliphatic carbocycles. The van der Waals surface area contributed by atoms with Gasteiger partial charge in [0.05, 0.1) is 7.11 Å². The van der Waals surface area contributed by atoms with Crippen LogP contribution in [0.5, 0.6) is 11.5 Å². The van der Waals surface area contributed by atoms with Crippen molar-refractivity contribution >= 4 is 16.9 Å². The highest BCUT2D eigenvalue weighted by molar-refractivity contribution is 5.81. The minimum Gasteiger partial charge on any atom is -0.508 e. The standard InChI is InChI=1S/C20H18O6/c1-24-16-6-2-13(3-7-16)4-9-19(22)25-12-14-10-20(23)26-18-11-15(21)5-8-17(14)18/h2-3,5-8,10-11,21H,4,9,12H2,1H3. The van der Waals surface area contributed by atoms with Crippen LogP contribution < -0.4 is 10.4 Å². The van der Waals surface area contributed by atoms with Gasteiger partial charge in [0.1, 0.15) is 23.7 Å². The molecule has 3 aromatic rings.